The van der Waals surface area contributed by atoms with Crippen LogP contribution in [-0.4, -0.2) is 34.4 Å². The van der Waals surface area contributed by atoms with Gasteiger partial charge in [-0.3, -0.25) is 4.79 Å². The number of hydrogen-bond donors (Lipinski definition) is 2. The highest BCUT2D eigenvalue weighted by Gasteiger charge is 2.16. The van der Waals surface area contributed by atoms with Crippen molar-refractivity contribution in [3.05, 3.63) is 35.9 Å². The quantitative estimate of drug-likeness (QED) is 0.812. The maximum Gasteiger partial charge on any atom is 0.338 e. The van der Waals surface area contributed by atoms with E-state index < -0.39 is 18.0 Å². The molecular weight excluding hydrogens is 296 g/mol. The van der Waals surface area contributed by atoms with Crippen molar-refractivity contribution in [2.24, 2.45) is 0 Å². The Labute approximate surface area is 137 Å². The van der Waals surface area contributed by atoms with E-state index in [4.69, 9.17) is 14.9 Å². The van der Waals surface area contributed by atoms with Gasteiger partial charge in [0.25, 0.3) is 0 Å². The Hall–Kier alpha value is -1.88. The number of aliphatic hydroxyl groups is 1. The van der Waals surface area contributed by atoms with E-state index in [1.165, 1.54) is 19.3 Å². The third-order valence-corrected chi connectivity index (χ3v) is 3.72. The van der Waals surface area contributed by atoms with Crippen LogP contribution in [0.3, 0.4) is 0 Å². The maximum atomic E-state index is 11.6. The second-order valence-electron chi connectivity index (χ2n) is 5.69. The first-order valence-corrected chi connectivity index (χ1v) is 8.18. The summed E-state index contributed by atoms with van der Waals surface area (Å²) in [5.74, 6) is -1.44. The molecule has 1 saturated carbocycles. The molecule has 1 aliphatic rings. The molecule has 1 aromatic rings. The number of aliphatic hydroxyl groups excluding tert-OH is 1. The third kappa shape index (κ3) is 8.35. The summed E-state index contributed by atoms with van der Waals surface area (Å²) in [5.41, 5.74) is 0.436. The molecular formula is C18H26O5. The molecule has 128 valence electrons. The summed E-state index contributed by atoms with van der Waals surface area (Å²) in [7, 11) is 0. The van der Waals surface area contributed by atoms with Crippen molar-refractivity contribution >= 4 is 11.9 Å². The lowest BCUT2D eigenvalue weighted by atomic mass is 9.98. The van der Waals surface area contributed by atoms with Gasteiger partial charge in [-0.15, -0.1) is 0 Å². The van der Waals surface area contributed by atoms with Gasteiger partial charge in [-0.2, -0.15) is 0 Å². The molecule has 1 aliphatic carbocycles. The predicted octanol–water partition coefficient (Wildman–Crippen LogP) is 3.41. The van der Waals surface area contributed by atoms with E-state index in [2.05, 4.69) is 0 Å². The van der Waals surface area contributed by atoms with Crippen molar-refractivity contribution < 1.29 is 24.5 Å². The molecule has 0 aromatic heterocycles. The van der Waals surface area contributed by atoms with E-state index in [0.717, 1.165) is 12.8 Å². The van der Waals surface area contributed by atoms with E-state index in [1.54, 1.807) is 37.3 Å². The minimum absolute atomic E-state index is 0.0359. The highest BCUT2D eigenvalue weighted by atomic mass is 16.5. The molecule has 1 unspecified atom stereocenters. The molecule has 0 amide bonds. The molecule has 23 heavy (non-hydrogen) atoms. The van der Waals surface area contributed by atoms with Crippen LogP contribution in [0.2, 0.25) is 0 Å². The van der Waals surface area contributed by atoms with Crippen LogP contribution in [0.4, 0.5) is 0 Å². The van der Waals surface area contributed by atoms with Gasteiger partial charge in [0.15, 0.2) is 0 Å². The van der Waals surface area contributed by atoms with Gasteiger partial charge in [0.05, 0.1) is 18.1 Å². The topological polar surface area (TPSA) is 83.8 Å². The molecule has 1 aromatic carbocycles. The van der Waals surface area contributed by atoms with Gasteiger partial charge in [0.1, 0.15) is 6.10 Å². The van der Waals surface area contributed by atoms with Crippen LogP contribution in [0.5, 0.6) is 0 Å². The number of aliphatic carboxylic acids is 1. The Kier molecular flexibility index (Phi) is 8.98. The van der Waals surface area contributed by atoms with Gasteiger partial charge in [-0.1, -0.05) is 44.4 Å². The van der Waals surface area contributed by atoms with Gasteiger partial charge in [-0.25, -0.2) is 4.79 Å². The molecule has 0 heterocycles. The SMILES string of the molecule is CCC(CC(=O)O)OC(=O)c1ccccc1.OC1CCCCC1. The highest BCUT2D eigenvalue weighted by Crippen LogP contribution is 2.16. The fourth-order valence-electron chi connectivity index (χ4n) is 2.34. The predicted molar refractivity (Wildman–Crippen MR) is 87.3 cm³/mol. The molecule has 2 N–H and O–H groups in total. The zero-order valence-electron chi connectivity index (χ0n) is 13.6. The first-order chi connectivity index (χ1) is 11.0. The van der Waals surface area contributed by atoms with Crippen molar-refractivity contribution in [3.8, 4) is 0 Å². The lowest BCUT2D eigenvalue weighted by Gasteiger charge is -2.14. The van der Waals surface area contributed by atoms with E-state index in [1.807, 2.05) is 0 Å². The van der Waals surface area contributed by atoms with Crippen LogP contribution < -0.4 is 0 Å². The summed E-state index contributed by atoms with van der Waals surface area (Å²) >= 11 is 0. The monoisotopic (exact) mass is 322 g/mol. The van der Waals surface area contributed by atoms with Crippen molar-refractivity contribution in [1.29, 1.82) is 0 Å². The molecule has 0 aliphatic heterocycles. The summed E-state index contributed by atoms with van der Waals surface area (Å²) in [5, 5.41) is 17.5. The maximum absolute atomic E-state index is 11.6. The average molecular weight is 322 g/mol. The Morgan fingerprint density at radius 1 is 1.17 bits per heavy atom. The highest BCUT2D eigenvalue weighted by molar-refractivity contribution is 5.89. The number of ether oxygens (including phenoxy) is 1. The van der Waals surface area contributed by atoms with Gasteiger partial charge in [0.2, 0.25) is 0 Å². The summed E-state index contributed by atoms with van der Waals surface area (Å²) in [6.07, 6.45) is 5.69. The fraction of sp³-hybridized carbons (Fsp3) is 0.556. The number of carbonyl (C=O) groups is 2. The lowest BCUT2D eigenvalue weighted by molar-refractivity contribution is -0.139. The second-order valence-corrected chi connectivity index (χ2v) is 5.69. The number of carboxylic acid groups (broad SMARTS) is 1. The average Bonchev–Trinajstić information content (AvgIpc) is 2.56. The standard InChI is InChI=1S/C12H14O4.C6H12O/c1-2-10(8-11(13)14)16-12(15)9-6-4-3-5-7-9;7-6-4-2-1-3-5-6/h3-7,10H,2,8H2,1H3,(H,13,14);6-7H,1-5H2. The fourth-order valence-corrected chi connectivity index (χ4v) is 2.34. The minimum atomic E-state index is -0.965. The van der Waals surface area contributed by atoms with E-state index in [9.17, 15) is 9.59 Å². The third-order valence-electron chi connectivity index (χ3n) is 3.72. The van der Waals surface area contributed by atoms with Gasteiger partial charge in [-0.05, 0) is 31.4 Å². The number of rotatable bonds is 5. The molecule has 0 radical (unpaired) electrons. The summed E-state index contributed by atoms with van der Waals surface area (Å²) in [4.78, 5) is 22.1. The smallest absolute Gasteiger partial charge is 0.338 e. The Morgan fingerprint density at radius 3 is 2.22 bits per heavy atom. The van der Waals surface area contributed by atoms with Crippen LogP contribution in [-0.2, 0) is 9.53 Å². The second kappa shape index (κ2) is 10.8. The van der Waals surface area contributed by atoms with Crippen molar-refractivity contribution in [2.75, 3.05) is 0 Å². The normalized spacial score (nSPS) is 15.9. The molecule has 5 nitrogen and oxygen atoms in total. The molecule has 1 atom stereocenters. The van der Waals surface area contributed by atoms with Crippen LogP contribution >= 0.6 is 0 Å². The summed E-state index contributed by atoms with van der Waals surface area (Å²) in [6, 6.07) is 8.53. The van der Waals surface area contributed by atoms with Crippen LogP contribution in [0.1, 0.15) is 62.2 Å². The van der Waals surface area contributed by atoms with Gasteiger partial charge in [0, 0.05) is 0 Å². The summed E-state index contributed by atoms with van der Waals surface area (Å²) in [6.45, 7) is 1.78. The van der Waals surface area contributed by atoms with Gasteiger partial charge >= 0.3 is 11.9 Å². The molecule has 0 saturated heterocycles. The number of carbonyl (C=O) groups excluding carboxylic acids is 1. The Bertz CT molecular complexity index is 466. The summed E-state index contributed by atoms with van der Waals surface area (Å²) < 4.78 is 5.08. The number of benzene rings is 1. The minimum Gasteiger partial charge on any atom is -0.481 e. The van der Waals surface area contributed by atoms with Crippen LogP contribution in [0, 0.1) is 0 Å². The first kappa shape index (κ1) is 19.2. The molecule has 2 rings (SSSR count). The van der Waals surface area contributed by atoms with E-state index in [0.29, 0.717) is 12.0 Å². The van der Waals surface area contributed by atoms with Crippen LogP contribution in [0.25, 0.3) is 0 Å². The van der Waals surface area contributed by atoms with Crippen molar-refractivity contribution in [1.82, 2.24) is 0 Å². The largest absolute Gasteiger partial charge is 0.481 e. The molecule has 0 bridgehead atoms. The van der Waals surface area contributed by atoms with Crippen LogP contribution in [0.15, 0.2) is 30.3 Å². The lowest BCUT2D eigenvalue weighted by Crippen LogP contribution is -2.20. The zero-order chi connectivity index (χ0) is 17.1. The molecule has 0 spiro atoms. The molecule has 5 heteroatoms. The number of hydrogen-bond acceptors (Lipinski definition) is 4. The van der Waals surface area contributed by atoms with Gasteiger partial charge < -0.3 is 14.9 Å². The Balaban J connectivity index is 0.000000313. The zero-order valence-corrected chi connectivity index (χ0v) is 13.6. The number of esters is 1. The van der Waals surface area contributed by atoms with Crippen molar-refractivity contribution in [3.63, 3.8) is 0 Å². The first-order valence-electron chi connectivity index (χ1n) is 8.18. The number of carboxylic acids is 1. The molecule has 1 fully saturated rings. The van der Waals surface area contributed by atoms with Crippen molar-refractivity contribution in [2.45, 2.75) is 64.1 Å². The van der Waals surface area contributed by atoms with E-state index >= 15 is 0 Å². The Morgan fingerprint density at radius 2 is 1.78 bits per heavy atom. The van der Waals surface area contributed by atoms with E-state index in [-0.39, 0.29) is 12.5 Å².